The molecule has 1 fully saturated rings. The fourth-order valence-electron chi connectivity index (χ4n) is 2.55. The molecule has 1 aromatic heterocycles. The van der Waals surface area contributed by atoms with Crippen molar-refractivity contribution in [2.45, 2.75) is 24.7 Å². The van der Waals surface area contributed by atoms with Gasteiger partial charge in [0, 0.05) is 20.8 Å². The SMILES string of the molecule is COC[C@@H]1C[C@@H](OC)CN1C(=O)c1ccc(OCC(F)(F)F)cn1. The maximum Gasteiger partial charge on any atom is 0.422 e. The van der Waals surface area contributed by atoms with Crippen molar-refractivity contribution < 1.29 is 32.2 Å². The normalized spacial score (nSPS) is 21.1. The minimum Gasteiger partial charge on any atom is -0.483 e. The number of carbonyl (C=O) groups excluding carboxylic acids is 1. The molecule has 2 atom stereocenters. The average Bonchev–Trinajstić information content (AvgIpc) is 2.95. The zero-order valence-corrected chi connectivity index (χ0v) is 13.4. The molecule has 1 amide bonds. The molecule has 24 heavy (non-hydrogen) atoms. The van der Waals surface area contributed by atoms with E-state index in [4.69, 9.17) is 9.47 Å². The largest absolute Gasteiger partial charge is 0.483 e. The van der Waals surface area contributed by atoms with Gasteiger partial charge in [-0.15, -0.1) is 0 Å². The van der Waals surface area contributed by atoms with Gasteiger partial charge in [0.05, 0.1) is 24.9 Å². The summed E-state index contributed by atoms with van der Waals surface area (Å²) in [7, 11) is 3.13. The molecule has 0 aromatic carbocycles. The van der Waals surface area contributed by atoms with Crippen LogP contribution in [0.5, 0.6) is 5.75 Å². The molecule has 0 bridgehead atoms. The van der Waals surface area contributed by atoms with Crippen LogP contribution in [-0.4, -0.2) is 68.1 Å². The third kappa shape index (κ3) is 4.81. The Kier molecular flexibility index (Phi) is 6.00. The molecule has 0 aliphatic carbocycles. The molecule has 2 rings (SSSR count). The van der Waals surface area contributed by atoms with Gasteiger partial charge in [-0.3, -0.25) is 4.79 Å². The Labute approximate surface area is 137 Å². The smallest absolute Gasteiger partial charge is 0.422 e. The summed E-state index contributed by atoms with van der Waals surface area (Å²) in [6, 6.07) is 2.51. The number of aromatic nitrogens is 1. The van der Waals surface area contributed by atoms with E-state index in [0.717, 1.165) is 6.20 Å². The standard InChI is InChI=1S/C15H19F3N2O4/c1-22-8-10-5-12(23-2)7-20(10)14(21)13-4-3-11(6-19-13)24-9-15(16,17)18/h3-4,6,10,12H,5,7-9H2,1-2H3/t10-,12+/m0/s1. The van der Waals surface area contributed by atoms with Crippen LogP contribution in [0.4, 0.5) is 13.2 Å². The minimum atomic E-state index is -4.42. The average molecular weight is 348 g/mol. The summed E-state index contributed by atoms with van der Waals surface area (Å²) in [5, 5.41) is 0. The number of hydrogen-bond donors (Lipinski definition) is 0. The van der Waals surface area contributed by atoms with Gasteiger partial charge in [0.1, 0.15) is 11.4 Å². The second-order valence-electron chi connectivity index (χ2n) is 5.44. The van der Waals surface area contributed by atoms with Crippen molar-refractivity contribution in [3.05, 3.63) is 24.0 Å². The van der Waals surface area contributed by atoms with Crippen molar-refractivity contribution in [3.8, 4) is 5.75 Å². The number of rotatable bonds is 6. The van der Waals surface area contributed by atoms with Gasteiger partial charge in [0.15, 0.2) is 6.61 Å². The van der Waals surface area contributed by atoms with Gasteiger partial charge < -0.3 is 19.1 Å². The molecule has 2 heterocycles. The summed E-state index contributed by atoms with van der Waals surface area (Å²) in [4.78, 5) is 18.1. The van der Waals surface area contributed by atoms with E-state index in [0.29, 0.717) is 19.6 Å². The van der Waals surface area contributed by atoms with E-state index < -0.39 is 12.8 Å². The number of amides is 1. The van der Waals surface area contributed by atoms with E-state index in [9.17, 15) is 18.0 Å². The summed E-state index contributed by atoms with van der Waals surface area (Å²) < 4.78 is 51.3. The van der Waals surface area contributed by atoms with Gasteiger partial charge in [-0.25, -0.2) is 4.98 Å². The predicted octanol–water partition coefficient (Wildman–Crippen LogP) is 1.90. The number of carbonyl (C=O) groups is 1. The molecule has 1 saturated heterocycles. The Morgan fingerprint density at radius 2 is 2.12 bits per heavy atom. The van der Waals surface area contributed by atoms with Crippen LogP contribution in [0.2, 0.25) is 0 Å². The number of halogens is 3. The molecule has 1 aromatic rings. The fourth-order valence-corrected chi connectivity index (χ4v) is 2.55. The van der Waals surface area contributed by atoms with Crippen molar-refractivity contribution >= 4 is 5.91 Å². The molecule has 0 radical (unpaired) electrons. The first-order valence-corrected chi connectivity index (χ1v) is 7.32. The molecule has 0 N–H and O–H groups in total. The van der Waals surface area contributed by atoms with Gasteiger partial charge in [-0.1, -0.05) is 0 Å². The van der Waals surface area contributed by atoms with Gasteiger partial charge in [-0.2, -0.15) is 13.2 Å². The van der Waals surface area contributed by atoms with Gasteiger partial charge in [0.2, 0.25) is 0 Å². The first kappa shape index (κ1) is 18.5. The topological polar surface area (TPSA) is 60.9 Å². The monoisotopic (exact) mass is 348 g/mol. The lowest BCUT2D eigenvalue weighted by Gasteiger charge is -2.23. The number of methoxy groups -OCH3 is 2. The Morgan fingerprint density at radius 3 is 2.67 bits per heavy atom. The first-order valence-electron chi connectivity index (χ1n) is 7.32. The highest BCUT2D eigenvalue weighted by Gasteiger charge is 2.36. The van der Waals surface area contributed by atoms with E-state index in [2.05, 4.69) is 9.72 Å². The second-order valence-corrected chi connectivity index (χ2v) is 5.44. The lowest BCUT2D eigenvalue weighted by molar-refractivity contribution is -0.153. The van der Waals surface area contributed by atoms with Crippen LogP contribution in [-0.2, 0) is 9.47 Å². The predicted molar refractivity (Wildman–Crippen MR) is 77.9 cm³/mol. The Bertz CT molecular complexity index is 551. The third-order valence-electron chi connectivity index (χ3n) is 3.69. The molecule has 134 valence electrons. The van der Waals surface area contributed by atoms with E-state index in [1.54, 1.807) is 19.1 Å². The number of ether oxygens (including phenoxy) is 3. The van der Waals surface area contributed by atoms with E-state index in [-0.39, 0.29) is 29.5 Å². The van der Waals surface area contributed by atoms with Crippen LogP contribution in [0.25, 0.3) is 0 Å². The summed E-state index contributed by atoms with van der Waals surface area (Å²) in [6.07, 6.45) is -2.74. The Balaban J connectivity index is 2.03. The van der Waals surface area contributed by atoms with Crippen LogP contribution >= 0.6 is 0 Å². The highest BCUT2D eigenvalue weighted by Crippen LogP contribution is 2.23. The number of nitrogens with zero attached hydrogens (tertiary/aromatic N) is 2. The molecule has 0 unspecified atom stereocenters. The zero-order chi connectivity index (χ0) is 17.7. The minimum absolute atomic E-state index is 0.0477. The van der Waals surface area contributed by atoms with E-state index in [1.165, 1.54) is 12.1 Å². The van der Waals surface area contributed by atoms with E-state index >= 15 is 0 Å². The summed E-state index contributed by atoms with van der Waals surface area (Å²) in [6.45, 7) is -0.616. The van der Waals surface area contributed by atoms with Crippen LogP contribution in [0.15, 0.2) is 18.3 Å². The number of pyridine rings is 1. The van der Waals surface area contributed by atoms with E-state index in [1.807, 2.05) is 0 Å². The van der Waals surface area contributed by atoms with Crippen molar-refractivity contribution in [1.82, 2.24) is 9.88 Å². The zero-order valence-electron chi connectivity index (χ0n) is 13.4. The first-order chi connectivity index (χ1) is 11.3. The van der Waals surface area contributed by atoms with Crippen LogP contribution in [0.1, 0.15) is 16.9 Å². The van der Waals surface area contributed by atoms with Crippen molar-refractivity contribution in [2.75, 3.05) is 34.0 Å². The highest BCUT2D eigenvalue weighted by molar-refractivity contribution is 5.92. The van der Waals surface area contributed by atoms with Crippen LogP contribution in [0.3, 0.4) is 0 Å². The maximum absolute atomic E-state index is 12.6. The van der Waals surface area contributed by atoms with Gasteiger partial charge in [0.25, 0.3) is 5.91 Å². The molecule has 6 nitrogen and oxygen atoms in total. The van der Waals surface area contributed by atoms with Crippen LogP contribution in [0, 0.1) is 0 Å². The number of likely N-dealkylation sites (tertiary alicyclic amines) is 1. The molecular formula is C15H19F3N2O4. The number of alkyl halides is 3. The summed E-state index contributed by atoms with van der Waals surface area (Å²) in [5.41, 5.74) is 0.132. The maximum atomic E-state index is 12.6. The molecule has 9 heteroatoms. The van der Waals surface area contributed by atoms with Crippen molar-refractivity contribution in [3.63, 3.8) is 0 Å². The molecular weight excluding hydrogens is 329 g/mol. The van der Waals surface area contributed by atoms with Crippen LogP contribution < -0.4 is 4.74 Å². The second kappa shape index (κ2) is 7.80. The van der Waals surface area contributed by atoms with Crippen molar-refractivity contribution in [2.24, 2.45) is 0 Å². The highest BCUT2D eigenvalue weighted by atomic mass is 19.4. The molecule has 1 aliphatic rings. The molecule has 0 spiro atoms. The molecule has 0 saturated carbocycles. The lowest BCUT2D eigenvalue weighted by Crippen LogP contribution is -2.38. The Morgan fingerprint density at radius 1 is 1.38 bits per heavy atom. The summed E-state index contributed by atoms with van der Waals surface area (Å²) >= 11 is 0. The van der Waals surface area contributed by atoms with Gasteiger partial charge >= 0.3 is 6.18 Å². The summed E-state index contributed by atoms with van der Waals surface area (Å²) in [5.74, 6) is -0.368. The van der Waals surface area contributed by atoms with Crippen molar-refractivity contribution in [1.29, 1.82) is 0 Å². The quantitative estimate of drug-likeness (QED) is 0.786. The molecule has 1 aliphatic heterocycles. The fraction of sp³-hybridized carbons (Fsp3) is 0.600. The number of hydrogen-bond acceptors (Lipinski definition) is 5. The lowest BCUT2D eigenvalue weighted by atomic mass is 10.2. The third-order valence-corrected chi connectivity index (χ3v) is 3.69. The van der Waals surface area contributed by atoms with Gasteiger partial charge in [-0.05, 0) is 18.6 Å². The Hall–Kier alpha value is -1.87.